The molecule has 0 radical (unpaired) electrons. The Hall–Kier alpha value is -1.04. The van der Waals surface area contributed by atoms with Crippen molar-refractivity contribution in [3.8, 4) is 0 Å². The first-order chi connectivity index (χ1) is 9.68. The Morgan fingerprint density at radius 3 is 2.90 bits per heavy atom. The van der Waals surface area contributed by atoms with Crippen molar-refractivity contribution in [2.24, 2.45) is 0 Å². The summed E-state index contributed by atoms with van der Waals surface area (Å²) in [5.74, 6) is 0.921. The molecule has 1 unspecified atom stereocenters. The Morgan fingerprint density at radius 2 is 2.20 bits per heavy atom. The number of thioether (sulfide) groups is 1. The summed E-state index contributed by atoms with van der Waals surface area (Å²) >= 11 is 1.76. The highest BCUT2D eigenvalue weighted by atomic mass is 32.2. The molecule has 1 aromatic rings. The van der Waals surface area contributed by atoms with E-state index >= 15 is 0 Å². The number of rotatable bonds is 7. The zero-order chi connectivity index (χ0) is 14.3. The highest BCUT2D eigenvalue weighted by Crippen LogP contribution is 2.19. The molecule has 5 heteroatoms. The molecule has 1 amide bonds. The standard InChI is InChI=1S/C15H21NO3S/c17-14(16-11-15(18)8-9-19-12-15)7-4-10-20-13-5-2-1-3-6-13/h1-3,5-6,18H,4,7-12H2,(H,16,17). The second kappa shape index (κ2) is 7.67. The van der Waals surface area contributed by atoms with Crippen molar-refractivity contribution >= 4 is 17.7 Å². The molecule has 4 nitrogen and oxygen atoms in total. The topological polar surface area (TPSA) is 58.6 Å². The summed E-state index contributed by atoms with van der Waals surface area (Å²) in [6.45, 7) is 1.18. The lowest BCUT2D eigenvalue weighted by Gasteiger charge is -2.20. The molecule has 0 spiro atoms. The summed E-state index contributed by atoms with van der Waals surface area (Å²) in [4.78, 5) is 12.9. The first-order valence-corrected chi connectivity index (χ1v) is 7.91. The molecule has 0 saturated carbocycles. The van der Waals surface area contributed by atoms with E-state index in [-0.39, 0.29) is 12.5 Å². The quantitative estimate of drug-likeness (QED) is 0.595. The fourth-order valence-electron chi connectivity index (χ4n) is 2.03. The molecule has 1 heterocycles. The predicted molar refractivity (Wildman–Crippen MR) is 79.8 cm³/mol. The van der Waals surface area contributed by atoms with Crippen LogP contribution in [0.4, 0.5) is 0 Å². The fourth-order valence-corrected chi connectivity index (χ4v) is 2.90. The smallest absolute Gasteiger partial charge is 0.220 e. The van der Waals surface area contributed by atoms with Crippen LogP contribution in [0.3, 0.4) is 0 Å². The zero-order valence-corrected chi connectivity index (χ0v) is 12.3. The second-order valence-electron chi connectivity index (χ2n) is 5.07. The number of carbonyl (C=O) groups excluding carboxylic acids is 1. The van der Waals surface area contributed by atoms with Gasteiger partial charge in [0.05, 0.1) is 6.61 Å². The molecule has 1 atom stereocenters. The number of ether oxygens (including phenoxy) is 1. The molecule has 20 heavy (non-hydrogen) atoms. The van der Waals surface area contributed by atoms with Crippen LogP contribution in [0, 0.1) is 0 Å². The third kappa shape index (κ3) is 5.15. The van der Waals surface area contributed by atoms with Crippen molar-refractivity contribution in [2.45, 2.75) is 29.8 Å². The van der Waals surface area contributed by atoms with Crippen molar-refractivity contribution in [2.75, 3.05) is 25.5 Å². The monoisotopic (exact) mass is 295 g/mol. The molecule has 0 aromatic heterocycles. The van der Waals surface area contributed by atoms with E-state index in [4.69, 9.17) is 4.74 Å². The van der Waals surface area contributed by atoms with E-state index in [9.17, 15) is 9.90 Å². The van der Waals surface area contributed by atoms with Gasteiger partial charge in [0.25, 0.3) is 0 Å². The third-order valence-electron chi connectivity index (χ3n) is 3.26. The van der Waals surface area contributed by atoms with E-state index in [1.54, 1.807) is 11.8 Å². The van der Waals surface area contributed by atoms with Crippen molar-refractivity contribution < 1.29 is 14.6 Å². The van der Waals surface area contributed by atoms with E-state index in [0.29, 0.717) is 26.1 Å². The van der Waals surface area contributed by atoms with Gasteiger partial charge in [0.2, 0.25) is 5.91 Å². The third-order valence-corrected chi connectivity index (χ3v) is 4.36. The summed E-state index contributed by atoms with van der Waals surface area (Å²) in [5.41, 5.74) is -0.867. The maximum Gasteiger partial charge on any atom is 0.220 e. The van der Waals surface area contributed by atoms with Crippen LogP contribution in [-0.4, -0.2) is 42.1 Å². The predicted octanol–water partition coefficient (Wildman–Crippen LogP) is 1.83. The van der Waals surface area contributed by atoms with Crippen molar-refractivity contribution in [3.63, 3.8) is 0 Å². The van der Waals surface area contributed by atoms with E-state index < -0.39 is 5.60 Å². The van der Waals surface area contributed by atoms with Gasteiger partial charge in [-0.1, -0.05) is 18.2 Å². The number of benzene rings is 1. The van der Waals surface area contributed by atoms with Gasteiger partial charge in [-0.15, -0.1) is 11.8 Å². The maximum atomic E-state index is 11.7. The number of hydrogen-bond acceptors (Lipinski definition) is 4. The Morgan fingerprint density at radius 1 is 1.40 bits per heavy atom. The normalized spacial score (nSPS) is 21.9. The lowest BCUT2D eigenvalue weighted by atomic mass is 10.0. The summed E-state index contributed by atoms with van der Waals surface area (Å²) in [7, 11) is 0. The van der Waals surface area contributed by atoms with Crippen LogP contribution >= 0.6 is 11.8 Å². The molecular weight excluding hydrogens is 274 g/mol. The van der Waals surface area contributed by atoms with Gasteiger partial charge in [0, 0.05) is 30.9 Å². The highest BCUT2D eigenvalue weighted by Gasteiger charge is 2.32. The van der Waals surface area contributed by atoms with Gasteiger partial charge >= 0.3 is 0 Å². The molecule has 1 aliphatic heterocycles. The number of nitrogens with one attached hydrogen (secondary N) is 1. The molecule has 2 N–H and O–H groups in total. The van der Waals surface area contributed by atoms with Crippen LogP contribution in [0.15, 0.2) is 35.2 Å². The van der Waals surface area contributed by atoms with E-state index in [2.05, 4.69) is 17.4 Å². The second-order valence-corrected chi connectivity index (χ2v) is 6.24. The molecule has 2 rings (SSSR count). The van der Waals surface area contributed by atoms with E-state index in [0.717, 1.165) is 12.2 Å². The Bertz CT molecular complexity index is 418. The maximum absolute atomic E-state index is 11.7. The molecule has 1 aliphatic rings. The largest absolute Gasteiger partial charge is 0.386 e. The minimum Gasteiger partial charge on any atom is -0.386 e. The summed E-state index contributed by atoms with van der Waals surface area (Å²) < 4.78 is 5.14. The van der Waals surface area contributed by atoms with Crippen LogP contribution in [-0.2, 0) is 9.53 Å². The van der Waals surface area contributed by atoms with Gasteiger partial charge in [-0.2, -0.15) is 0 Å². The van der Waals surface area contributed by atoms with Crippen LogP contribution < -0.4 is 5.32 Å². The van der Waals surface area contributed by atoms with Crippen LogP contribution in [0.5, 0.6) is 0 Å². The van der Waals surface area contributed by atoms with Gasteiger partial charge in [0.1, 0.15) is 5.60 Å². The average molecular weight is 295 g/mol. The van der Waals surface area contributed by atoms with Gasteiger partial charge in [-0.05, 0) is 24.3 Å². The van der Waals surface area contributed by atoms with E-state index in [1.165, 1.54) is 4.90 Å². The van der Waals surface area contributed by atoms with Gasteiger partial charge in [-0.25, -0.2) is 0 Å². The average Bonchev–Trinajstić information content (AvgIpc) is 2.90. The van der Waals surface area contributed by atoms with Crippen molar-refractivity contribution in [1.82, 2.24) is 5.32 Å². The molecule has 1 fully saturated rings. The zero-order valence-electron chi connectivity index (χ0n) is 11.5. The minimum absolute atomic E-state index is 0.000938. The first-order valence-electron chi connectivity index (χ1n) is 6.93. The minimum atomic E-state index is -0.867. The Balaban J connectivity index is 1.56. The molecule has 1 aromatic carbocycles. The van der Waals surface area contributed by atoms with Gasteiger partial charge < -0.3 is 15.2 Å². The summed E-state index contributed by atoms with van der Waals surface area (Å²) in [6.07, 6.45) is 1.92. The number of amides is 1. The fraction of sp³-hybridized carbons (Fsp3) is 0.533. The number of carbonyl (C=O) groups is 1. The van der Waals surface area contributed by atoms with Crippen LogP contribution in [0.25, 0.3) is 0 Å². The molecule has 110 valence electrons. The molecule has 1 saturated heterocycles. The highest BCUT2D eigenvalue weighted by molar-refractivity contribution is 7.99. The molecule has 0 aliphatic carbocycles. The number of hydrogen-bond donors (Lipinski definition) is 2. The SMILES string of the molecule is O=C(CCCSc1ccccc1)NCC1(O)CCOC1. The molecular formula is C15H21NO3S. The van der Waals surface area contributed by atoms with Gasteiger partial charge in [0.15, 0.2) is 0 Å². The lowest BCUT2D eigenvalue weighted by Crippen LogP contribution is -2.43. The Kier molecular flexibility index (Phi) is 5.88. The van der Waals surface area contributed by atoms with Crippen LogP contribution in [0.1, 0.15) is 19.3 Å². The van der Waals surface area contributed by atoms with Crippen LogP contribution in [0.2, 0.25) is 0 Å². The summed E-state index contributed by atoms with van der Waals surface area (Å²) in [5, 5.41) is 12.8. The molecule has 0 bridgehead atoms. The van der Waals surface area contributed by atoms with E-state index in [1.807, 2.05) is 18.2 Å². The number of aliphatic hydroxyl groups is 1. The lowest BCUT2D eigenvalue weighted by molar-refractivity contribution is -0.122. The first kappa shape index (κ1) is 15.4. The van der Waals surface area contributed by atoms with Crippen molar-refractivity contribution in [1.29, 1.82) is 0 Å². The Labute approximate surface area is 123 Å². The van der Waals surface area contributed by atoms with Gasteiger partial charge in [-0.3, -0.25) is 4.79 Å². The summed E-state index contributed by atoms with van der Waals surface area (Å²) in [6, 6.07) is 10.2. The van der Waals surface area contributed by atoms with Crippen molar-refractivity contribution in [3.05, 3.63) is 30.3 Å².